The molecule has 21 heavy (non-hydrogen) atoms. The van der Waals surface area contributed by atoms with Gasteiger partial charge in [0.15, 0.2) is 0 Å². The number of hydrogen-bond donors (Lipinski definition) is 1. The van der Waals surface area contributed by atoms with E-state index in [9.17, 15) is 4.39 Å². The van der Waals surface area contributed by atoms with E-state index in [2.05, 4.69) is 10.3 Å². The van der Waals surface area contributed by atoms with Gasteiger partial charge >= 0.3 is 0 Å². The number of imidazole rings is 1. The Morgan fingerprint density at radius 3 is 2.95 bits per heavy atom. The summed E-state index contributed by atoms with van der Waals surface area (Å²) in [5.41, 5.74) is 1.56. The van der Waals surface area contributed by atoms with Crippen molar-refractivity contribution in [3.8, 4) is 5.69 Å². The van der Waals surface area contributed by atoms with Gasteiger partial charge in [0.2, 0.25) is 5.95 Å². The van der Waals surface area contributed by atoms with Crippen LogP contribution in [0.5, 0.6) is 0 Å². The van der Waals surface area contributed by atoms with Gasteiger partial charge in [-0.25, -0.2) is 9.37 Å². The summed E-state index contributed by atoms with van der Waals surface area (Å²) in [6.07, 6.45) is 2.75. The maximum atomic E-state index is 13.2. The lowest BCUT2D eigenvalue weighted by Gasteiger charge is -2.11. The van der Waals surface area contributed by atoms with Gasteiger partial charge in [0.1, 0.15) is 5.82 Å². The lowest BCUT2D eigenvalue weighted by molar-refractivity contribution is 0.147. The maximum absolute atomic E-state index is 13.2. The zero-order chi connectivity index (χ0) is 15.2. The number of halogens is 2. The predicted molar refractivity (Wildman–Crippen MR) is 82.9 cm³/mol. The van der Waals surface area contributed by atoms with E-state index in [1.54, 1.807) is 6.07 Å². The van der Waals surface area contributed by atoms with Crippen LogP contribution in [0, 0.1) is 12.7 Å². The molecular weight excluding hydrogens is 293 g/mol. The first-order valence-electron chi connectivity index (χ1n) is 6.95. The number of nitrogens with zero attached hydrogens (tertiary/aromatic N) is 2. The third-order valence-electron chi connectivity index (χ3n) is 2.95. The molecule has 0 aliphatic rings. The third-order valence-corrected chi connectivity index (χ3v) is 3.25. The zero-order valence-electron chi connectivity index (χ0n) is 12.2. The molecule has 2 rings (SSSR count). The van der Waals surface area contributed by atoms with E-state index in [4.69, 9.17) is 16.3 Å². The first-order valence-corrected chi connectivity index (χ1v) is 7.32. The molecule has 2 aromatic rings. The summed E-state index contributed by atoms with van der Waals surface area (Å²) in [6, 6.07) is 4.32. The van der Waals surface area contributed by atoms with Gasteiger partial charge in [-0.15, -0.1) is 0 Å². The zero-order valence-corrected chi connectivity index (χ0v) is 13.0. The Morgan fingerprint density at radius 2 is 2.24 bits per heavy atom. The smallest absolute Gasteiger partial charge is 0.207 e. The van der Waals surface area contributed by atoms with Crippen LogP contribution in [0.4, 0.5) is 10.3 Å². The molecule has 0 aliphatic carbocycles. The summed E-state index contributed by atoms with van der Waals surface area (Å²) in [5.74, 6) is 0.337. The van der Waals surface area contributed by atoms with Gasteiger partial charge < -0.3 is 10.1 Å². The molecule has 0 aliphatic heterocycles. The minimum absolute atomic E-state index is 0.352. The lowest BCUT2D eigenvalue weighted by atomic mass is 10.3. The molecule has 1 heterocycles. The fourth-order valence-electron chi connectivity index (χ4n) is 2.00. The van der Waals surface area contributed by atoms with Gasteiger partial charge in [-0.2, -0.15) is 0 Å². The van der Waals surface area contributed by atoms with Crippen molar-refractivity contribution in [1.82, 2.24) is 9.55 Å². The van der Waals surface area contributed by atoms with E-state index >= 15 is 0 Å². The number of nitrogens with one attached hydrogen (secondary N) is 1. The highest BCUT2D eigenvalue weighted by Gasteiger charge is 2.10. The normalized spacial score (nSPS) is 10.9. The molecule has 0 saturated carbocycles. The molecule has 1 N–H and O–H groups in total. The molecule has 0 atom stereocenters. The SMILES string of the molecule is CCOCCCNc1nc(C)cn1-c1ccc(F)cc1Cl. The number of hydrogen-bond acceptors (Lipinski definition) is 3. The summed E-state index contributed by atoms with van der Waals surface area (Å²) < 4.78 is 20.3. The largest absolute Gasteiger partial charge is 0.382 e. The number of benzene rings is 1. The molecule has 0 unspecified atom stereocenters. The number of ether oxygens (including phenoxy) is 1. The maximum Gasteiger partial charge on any atom is 0.207 e. The van der Waals surface area contributed by atoms with Crippen LogP contribution in [-0.4, -0.2) is 29.3 Å². The topological polar surface area (TPSA) is 39.1 Å². The van der Waals surface area contributed by atoms with Gasteiger partial charge in [-0.3, -0.25) is 4.57 Å². The number of anilines is 1. The molecule has 4 nitrogen and oxygen atoms in total. The summed E-state index contributed by atoms with van der Waals surface area (Å²) in [5, 5.41) is 3.60. The quantitative estimate of drug-likeness (QED) is 0.790. The summed E-state index contributed by atoms with van der Waals surface area (Å²) >= 11 is 6.11. The highest BCUT2D eigenvalue weighted by molar-refractivity contribution is 6.32. The van der Waals surface area contributed by atoms with Crippen molar-refractivity contribution in [1.29, 1.82) is 0 Å². The van der Waals surface area contributed by atoms with Crippen LogP contribution in [0.15, 0.2) is 24.4 Å². The van der Waals surface area contributed by atoms with Crippen molar-refractivity contribution in [2.45, 2.75) is 20.3 Å². The Hall–Kier alpha value is -1.59. The number of rotatable bonds is 7. The first kappa shape index (κ1) is 15.8. The number of aryl methyl sites for hydroxylation is 1. The highest BCUT2D eigenvalue weighted by atomic mass is 35.5. The van der Waals surface area contributed by atoms with Crippen LogP contribution in [0.2, 0.25) is 5.02 Å². The van der Waals surface area contributed by atoms with Gasteiger partial charge in [-0.1, -0.05) is 11.6 Å². The van der Waals surface area contributed by atoms with Crippen LogP contribution in [0.25, 0.3) is 5.69 Å². The van der Waals surface area contributed by atoms with Crippen molar-refractivity contribution < 1.29 is 9.13 Å². The molecule has 0 saturated heterocycles. The predicted octanol–water partition coefficient (Wildman–Crippen LogP) is 3.81. The Labute approximate surface area is 128 Å². The number of aromatic nitrogens is 2. The molecule has 0 bridgehead atoms. The van der Waals surface area contributed by atoms with Crippen LogP contribution in [-0.2, 0) is 4.74 Å². The van der Waals surface area contributed by atoms with Crippen molar-refractivity contribution in [2.24, 2.45) is 0 Å². The Balaban J connectivity index is 2.13. The Morgan fingerprint density at radius 1 is 1.43 bits per heavy atom. The molecule has 114 valence electrons. The minimum Gasteiger partial charge on any atom is -0.382 e. The van der Waals surface area contributed by atoms with Crippen molar-refractivity contribution in [2.75, 3.05) is 25.1 Å². The molecular formula is C15H19ClFN3O. The highest BCUT2D eigenvalue weighted by Crippen LogP contribution is 2.25. The van der Waals surface area contributed by atoms with E-state index in [1.165, 1.54) is 12.1 Å². The molecule has 0 radical (unpaired) electrons. The average Bonchev–Trinajstić information content (AvgIpc) is 2.79. The van der Waals surface area contributed by atoms with Crippen LogP contribution in [0.3, 0.4) is 0 Å². The van der Waals surface area contributed by atoms with Crippen molar-refractivity contribution in [3.63, 3.8) is 0 Å². The van der Waals surface area contributed by atoms with E-state index in [-0.39, 0.29) is 5.82 Å². The van der Waals surface area contributed by atoms with Crippen LogP contribution < -0.4 is 5.32 Å². The molecule has 6 heteroatoms. The lowest BCUT2D eigenvalue weighted by Crippen LogP contribution is -2.10. The third kappa shape index (κ3) is 4.19. The van der Waals surface area contributed by atoms with Crippen LogP contribution >= 0.6 is 11.6 Å². The molecule has 0 fully saturated rings. The first-order chi connectivity index (χ1) is 10.1. The van der Waals surface area contributed by atoms with E-state index in [0.717, 1.165) is 25.3 Å². The van der Waals surface area contributed by atoms with Gasteiger partial charge in [-0.05, 0) is 38.5 Å². The fourth-order valence-corrected chi connectivity index (χ4v) is 2.26. The second-order valence-electron chi connectivity index (χ2n) is 4.65. The molecule has 1 aromatic heterocycles. The average molecular weight is 312 g/mol. The van der Waals surface area contributed by atoms with E-state index in [0.29, 0.717) is 23.3 Å². The van der Waals surface area contributed by atoms with E-state index in [1.807, 2.05) is 24.6 Å². The fraction of sp³-hybridized carbons (Fsp3) is 0.400. The minimum atomic E-state index is -0.355. The molecule has 0 amide bonds. The second kappa shape index (κ2) is 7.43. The summed E-state index contributed by atoms with van der Waals surface area (Å²) in [4.78, 5) is 4.43. The Bertz CT molecular complexity index is 601. The summed E-state index contributed by atoms with van der Waals surface area (Å²) in [6.45, 7) is 6.05. The van der Waals surface area contributed by atoms with E-state index < -0.39 is 0 Å². The summed E-state index contributed by atoms with van der Waals surface area (Å²) in [7, 11) is 0. The van der Waals surface area contributed by atoms with Gasteiger partial charge in [0.25, 0.3) is 0 Å². The van der Waals surface area contributed by atoms with Crippen LogP contribution in [0.1, 0.15) is 19.0 Å². The molecule has 1 aromatic carbocycles. The monoisotopic (exact) mass is 311 g/mol. The van der Waals surface area contributed by atoms with Gasteiger partial charge in [0.05, 0.1) is 16.4 Å². The standard InChI is InChI=1S/C15H19ClFN3O/c1-3-21-8-4-7-18-15-19-11(2)10-20(15)14-6-5-12(17)9-13(14)16/h5-6,9-10H,3-4,7-8H2,1-2H3,(H,18,19). The Kier molecular flexibility index (Phi) is 5.59. The van der Waals surface area contributed by atoms with Crippen molar-refractivity contribution >= 4 is 17.5 Å². The van der Waals surface area contributed by atoms with Gasteiger partial charge in [0, 0.05) is 26.0 Å². The second-order valence-corrected chi connectivity index (χ2v) is 5.06. The van der Waals surface area contributed by atoms with Crippen molar-refractivity contribution in [3.05, 3.63) is 40.9 Å². The molecule has 0 spiro atoms.